The predicted octanol–water partition coefficient (Wildman–Crippen LogP) is 2.19. The highest BCUT2D eigenvalue weighted by Crippen LogP contribution is 2.23. The highest BCUT2D eigenvalue weighted by atomic mass is 16.2. The van der Waals surface area contributed by atoms with Crippen molar-refractivity contribution < 1.29 is 9.59 Å². The maximum Gasteiger partial charge on any atom is 0.227 e. The van der Waals surface area contributed by atoms with Gasteiger partial charge in [0.2, 0.25) is 11.8 Å². The topological polar surface area (TPSA) is 49.4 Å². The summed E-state index contributed by atoms with van der Waals surface area (Å²) in [6.07, 6.45) is 2.74. The van der Waals surface area contributed by atoms with Gasteiger partial charge in [0.05, 0.1) is 5.92 Å². The van der Waals surface area contributed by atoms with Gasteiger partial charge in [-0.05, 0) is 26.2 Å². The van der Waals surface area contributed by atoms with Crippen LogP contribution < -0.4 is 5.32 Å². The minimum Gasteiger partial charge on any atom is -0.353 e. The molecule has 2 atom stereocenters. The van der Waals surface area contributed by atoms with Crippen molar-refractivity contribution in [3.05, 3.63) is 0 Å². The minimum absolute atomic E-state index is 0.0472. The number of piperidine rings is 1. The van der Waals surface area contributed by atoms with Gasteiger partial charge in [0, 0.05) is 24.5 Å². The first-order valence-corrected chi connectivity index (χ1v) is 7.35. The Labute approximate surface area is 116 Å². The van der Waals surface area contributed by atoms with Gasteiger partial charge >= 0.3 is 0 Å². The molecule has 2 amide bonds. The van der Waals surface area contributed by atoms with Gasteiger partial charge in [0.1, 0.15) is 0 Å². The zero-order valence-electron chi connectivity index (χ0n) is 13.0. The third-order valence-corrected chi connectivity index (χ3v) is 3.72. The molecule has 1 saturated heterocycles. The maximum absolute atomic E-state index is 12.3. The van der Waals surface area contributed by atoms with Crippen molar-refractivity contribution in [1.82, 2.24) is 10.2 Å². The fourth-order valence-corrected chi connectivity index (χ4v) is 2.31. The van der Waals surface area contributed by atoms with Crippen molar-refractivity contribution in [3.63, 3.8) is 0 Å². The van der Waals surface area contributed by atoms with Crippen LogP contribution in [0.25, 0.3) is 0 Å². The molecule has 0 saturated carbocycles. The van der Waals surface area contributed by atoms with Crippen molar-refractivity contribution in [2.24, 2.45) is 11.3 Å². The zero-order valence-corrected chi connectivity index (χ0v) is 13.0. The molecule has 1 N–H and O–H groups in total. The van der Waals surface area contributed by atoms with Gasteiger partial charge in [-0.15, -0.1) is 0 Å². The Bertz CT molecular complexity index is 334. The van der Waals surface area contributed by atoms with Crippen molar-refractivity contribution in [3.8, 4) is 0 Å². The van der Waals surface area contributed by atoms with Gasteiger partial charge in [-0.25, -0.2) is 0 Å². The minimum atomic E-state index is -0.366. The van der Waals surface area contributed by atoms with E-state index < -0.39 is 0 Å². The van der Waals surface area contributed by atoms with E-state index in [2.05, 4.69) is 12.2 Å². The van der Waals surface area contributed by atoms with Gasteiger partial charge in [-0.1, -0.05) is 27.7 Å². The van der Waals surface area contributed by atoms with Crippen LogP contribution in [0, 0.1) is 11.3 Å². The first-order valence-electron chi connectivity index (χ1n) is 7.35. The standard InChI is InChI=1S/C15H28N2O2/c1-6-11(2)16-13(18)12-8-7-9-17(10-12)14(19)15(3,4)5/h11-12H,6-10H2,1-5H3,(H,16,18)/t11-,12-/m0/s1. The Hall–Kier alpha value is -1.06. The normalized spacial score (nSPS) is 21.9. The molecule has 0 aromatic rings. The summed E-state index contributed by atoms with van der Waals surface area (Å²) in [4.78, 5) is 26.2. The fourth-order valence-electron chi connectivity index (χ4n) is 2.31. The summed E-state index contributed by atoms with van der Waals surface area (Å²) in [6, 6.07) is 0.209. The van der Waals surface area contributed by atoms with Gasteiger partial charge in [0.15, 0.2) is 0 Å². The molecule has 1 fully saturated rings. The Kier molecular flexibility index (Phi) is 5.39. The number of nitrogens with one attached hydrogen (secondary N) is 1. The SMILES string of the molecule is CC[C@H](C)NC(=O)[C@H]1CCCN(C(=O)C(C)(C)C)C1. The van der Waals surface area contributed by atoms with Crippen LogP contribution in [0.15, 0.2) is 0 Å². The van der Waals surface area contributed by atoms with E-state index in [0.717, 1.165) is 25.8 Å². The van der Waals surface area contributed by atoms with E-state index in [-0.39, 0.29) is 29.2 Å². The molecule has 0 radical (unpaired) electrons. The van der Waals surface area contributed by atoms with Gasteiger partial charge in [-0.3, -0.25) is 9.59 Å². The van der Waals surface area contributed by atoms with Crippen molar-refractivity contribution in [2.45, 2.75) is 59.9 Å². The molecule has 1 aliphatic rings. The summed E-state index contributed by atoms with van der Waals surface area (Å²) in [7, 11) is 0. The van der Waals surface area contributed by atoms with E-state index in [0.29, 0.717) is 6.54 Å². The monoisotopic (exact) mass is 268 g/mol. The molecular weight excluding hydrogens is 240 g/mol. The van der Waals surface area contributed by atoms with Crippen molar-refractivity contribution >= 4 is 11.8 Å². The Morgan fingerprint density at radius 3 is 2.53 bits per heavy atom. The van der Waals surface area contributed by atoms with E-state index >= 15 is 0 Å². The second-order valence-corrected chi connectivity index (χ2v) is 6.66. The molecule has 1 aliphatic heterocycles. The summed E-state index contributed by atoms with van der Waals surface area (Å²) in [6.45, 7) is 11.2. The van der Waals surface area contributed by atoms with Gasteiger partial charge in [-0.2, -0.15) is 0 Å². The van der Waals surface area contributed by atoms with Crippen molar-refractivity contribution in [2.75, 3.05) is 13.1 Å². The van der Waals surface area contributed by atoms with E-state index in [9.17, 15) is 9.59 Å². The summed E-state index contributed by atoms with van der Waals surface area (Å²) in [5.74, 6) is 0.198. The van der Waals surface area contributed by atoms with Crippen LogP contribution in [0.4, 0.5) is 0 Å². The predicted molar refractivity (Wildman–Crippen MR) is 76.7 cm³/mol. The Morgan fingerprint density at radius 2 is 2.00 bits per heavy atom. The van der Waals surface area contributed by atoms with Crippen LogP contribution in [-0.2, 0) is 9.59 Å². The number of amides is 2. The molecule has 0 aromatic carbocycles. The highest BCUT2D eigenvalue weighted by Gasteiger charge is 2.33. The van der Waals surface area contributed by atoms with Gasteiger partial charge in [0.25, 0.3) is 0 Å². The smallest absolute Gasteiger partial charge is 0.227 e. The first kappa shape index (κ1) is 16.0. The van der Waals surface area contributed by atoms with E-state index in [4.69, 9.17) is 0 Å². The van der Waals surface area contributed by atoms with Crippen LogP contribution in [0.3, 0.4) is 0 Å². The second kappa shape index (κ2) is 6.40. The van der Waals surface area contributed by atoms with E-state index in [1.54, 1.807) is 0 Å². The Balaban J connectivity index is 2.60. The molecule has 0 unspecified atom stereocenters. The maximum atomic E-state index is 12.3. The largest absolute Gasteiger partial charge is 0.353 e. The zero-order chi connectivity index (χ0) is 14.6. The average Bonchev–Trinajstić information content (AvgIpc) is 2.36. The summed E-state index contributed by atoms with van der Waals surface area (Å²) >= 11 is 0. The summed E-state index contributed by atoms with van der Waals surface area (Å²) < 4.78 is 0. The Morgan fingerprint density at radius 1 is 1.37 bits per heavy atom. The molecule has 0 aliphatic carbocycles. The molecule has 0 aromatic heterocycles. The molecule has 1 rings (SSSR count). The quantitative estimate of drug-likeness (QED) is 0.853. The lowest BCUT2D eigenvalue weighted by molar-refractivity contribution is -0.142. The molecule has 0 spiro atoms. The molecule has 0 bridgehead atoms. The fraction of sp³-hybridized carbons (Fsp3) is 0.867. The highest BCUT2D eigenvalue weighted by molar-refractivity contribution is 5.84. The average molecular weight is 268 g/mol. The number of nitrogens with zero attached hydrogens (tertiary/aromatic N) is 1. The van der Waals surface area contributed by atoms with E-state index in [1.807, 2.05) is 32.6 Å². The molecule has 4 nitrogen and oxygen atoms in total. The lowest BCUT2D eigenvalue weighted by Crippen LogP contribution is -2.49. The van der Waals surface area contributed by atoms with Crippen LogP contribution in [0.5, 0.6) is 0 Å². The number of carbonyl (C=O) groups excluding carboxylic acids is 2. The molecule has 19 heavy (non-hydrogen) atoms. The van der Waals surface area contributed by atoms with Gasteiger partial charge < -0.3 is 10.2 Å². The lowest BCUT2D eigenvalue weighted by Gasteiger charge is -2.36. The van der Waals surface area contributed by atoms with Crippen molar-refractivity contribution in [1.29, 1.82) is 0 Å². The van der Waals surface area contributed by atoms with E-state index in [1.165, 1.54) is 0 Å². The summed E-state index contributed by atoms with van der Waals surface area (Å²) in [5, 5.41) is 3.02. The third-order valence-electron chi connectivity index (χ3n) is 3.72. The molecule has 1 heterocycles. The lowest BCUT2D eigenvalue weighted by atomic mass is 9.91. The number of rotatable bonds is 3. The number of carbonyl (C=O) groups is 2. The third kappa shape index (κ3) is 4.51. The molecular formula is C15H28N2O2. The summed E-state index contributed by atoms with van der Waals surface area (Å²) in [5.41, 5.74) is -0.366. The number of hydrogen-bond donors (Lipinski definition) is 1. The van der Waals surface area contributed by atoms with Crippen LogP contribution >= 0.6 is 0 Å². The van der Waals surface area contributed by atoms with Crippen LogP contribution in [0.1, 0.15) is 53.9 Å². The first-order chi connectivity index (χ1) is 8.75. The molecule has 110 valence electrons. The van der Waals surface area contributed by atoms with Crippen LogP contribution in [-0.4, -0.2) is 35.8 Å². The van der Waals surface area contributed by atoms with Crippen LogP contribution in [0.2, 0.25) is 0 Å². The number of likely N-dealkylation sites (tertiary alicyclic amines) is 1. The number of hydrogen-bond acceptors (Lipinski definition) is 2. The molecule has 4 heteroatoms. The second-order valence-electron chi connectivity index (χ2n) is 6.66.